The Hall–Kier alpha value is -2.67. The van der Waals surface area contributed by atoms with E-state index in [9.17, 15) is 8.42 Å². The van der Waals surface area contributed by atoms with Gasteiger partial charge in [-0.2, -0.15) is 5.10 Å². The first-order valence-corrected chi connectivity index (χ1v) is 11.2. The van der Waals surface area contributed by atoms with E-state index in [-0.39, 0.29) is 0 Å². The van der Waals surface area contributed by atoms with Gasteiger partial charge in [-0.3, -0.25) is 9.82 Å². The second-order valence-corrected chi connectivity index (χ2v) is 9.29. The molecular formula is C21H22N4O2S. The van der Waals surface area contributed by atoms with Gasteiger partial charge in [-0.25, -0.2) is 13.4 Å². The summed E-state index contributed by atoms with van der Waals surface area (Å²) in [5.74, 6) is 1.86. The predicted molar refractivity (Wildman–Crippen MR) is 108 cm³/mol. The maximum Gasteiger partial charge on any atom is 0.261 e. The molecule has 2 aliphatic carbocycles. The average Bonchev–Trinajstić information content (AvgIpc) is 3.45. The van der Waals surface area contributed by atoms with Gasteiger partial charge in [-0.05, 0) is 73.9 Å². The molecule has 0 saturated heterocycles. The predicted octanol–water partition coefficient (Wildman–Crippen LogP) is 4.03. The number of sulfonamides is 1. The lowest BCUT2D eigenvalue weighted by Crippen LogP contribution is -2.15. The minimum absolute atomic E-state index is 0.302. The van der Waals surface area contributed by atoms with Crippen LogP contribution in [0.4, 0.5) is 5.69 Å². The zero-order chi connectivity index (χ0) is 19.1. The lowest BCUT2D eigenvalue weighted by Gasteiger charge is -2.17. The van der Waals surface area contributed by atoms with E-state index in [1.54, 1.807) is 12.1 Å². The molecule has 0 aliphatic heterocycles. The first-order chi connectivity index (χ1) is 13.6. The molecule has 3 aromatic rings. The molecule has 2 aliphatic rings. The van der Waals surface area contributed by atoms with Crippen LogP contribution in [0.15, 0.2) is 47.4 Å². The van der Waals surface area contributed by atoms with Crippen molar-refractivity contribution in [3.8, 4) is 11.4 Å². The molecule has 6 nitrogen and oxygen atoms in total. The van der Waals surface area contributed by atoms with Gasteiger partial charge < -0.3 is 0 Å². The van der Waals surface area contributed by atoms with E-state index >= 15 is 0 Å². The molecule has 1 heterocycles. The Morgan fingerprint density at radius 2 is 1.79 bits per heavy atom. The maximum absolute atomic E-state index is 13.0. The largest absolute Gasteiger partial charge is 0.279 e. The number of hydrogen-bond donors (Lipinski definition) is 2. The van der Waals surface area contributed by atoms with Gasteiger partial charge in [-0.1, -0.05) is 18.2 Å². The van der Waals surface area contributed by atoms with E-state index in [4.69, 9.17) is 0 Å². The van der Waals surface area contributed by atoms with E-state index in [0.29, 0.717) is 27.9 Å². The summed E-state index contributed by atoms with van der Waals surface area (Å²) in [5.41, 5.74) is 3.57. The van der Waals surface area contributed by atoms with Crippen molar-refractivity contribution in [2.75, 3.05) is 4.72 Å². The summed E-state index contributed by atoms with van der Waals surface area (Å²) in [7, 11) is -3.69. The number of nitrogens with one attached hydrogen (secondary N) is 2. The van der Waals surface area contributed by atoms with Crippen molar-refractivity contribution >= 4 is 15.7 Å². The molecule has 0 atom stereocenters. The van der Waals surface area contributed by atoms with E-state index in [1.165, 1.54) is 12.0 Å². The Bertz CT molecular complexity index is 1130. The number of rotatable bonds is 5. The third-order valence-corrected chi connectivity index (χ3v) is 6.87. The molecule has 0 radical (unpaired) electrons. The number of hydrogen-bond acceptors (Lipinski definition) is 4. The van der Waals surface area contributed by atoms with Crippen molar-refractivity contribution in [2.45, 2.75) is 49.3 Å². The van der Waals surface area contributed by atoms with Crippen molar-refractivity contribution < 1.29 is 8.42 Å². The molecule has 7 heteroatoms. The van der Waals surface area contributed by atoms with Gasteiger partial charge in [0.2, 0.25) is 0 Å². The standard InChI is InChI=1S/C21H22N4O2S/c26-28(27,17-12-11-14-5-1-2-6-16(14)13-17)25-19-8-4-3-7-18(19)21-22-20(23-24-21)15-9-10-15/h3-4,7-8,11-13,15,25H,1-2,5-6,9-10H2,(H,22,23,24). The molecule has 5 rings (SSSR count). The first-order valence-electron chi connectivity index (χ1n) is 9.76. The SMILES string of the molecule is O=S(=O)(Nc1ccccc1-c1n[nH]c(C2CC2)n1)c1ccc2c(c1)CCCC2. The minimum atomic E-state index is -3.69. The highest BCUT2D eigenvalue weighted by Gasteiger charge is 2.28. The van der Waals surface area contributed by atoms with Crippen LogP contribution in [0.2, 0.25) is 0 Å². The zero-order valence-electron chi connectivity index (χ0n) is 15.5. The average molecular weight is 395 g/mol. The number of fused-ring (bicyclic) bond motifs is 1. The number of H-pyrrole nitrogens is 1. The molecular weight excluding hydrogens is 372 g/mol. The van der Waals surface area contributed by atoms with Crippen LogP contribution in [0.3, 0.4) is 0 Å². The molecule has 28 heavy (non-hydrogen) atoms. The summed E-state index contributed by atoms with van der Waals surface area (Å²) >= 11 is 0. The van der Waals surface area contributed by atoms with Crippen molar-refractivity contribution in [3.63, 3.8) is 0 Å². The van der Waals surface area contributed by atoms with Crippen LogP contribution in [0.1, 0.15) is 48.6 Å². The number of aromatic amines is 1. The van der Waals surface area contributed by atoms with Gasteiger partial charge in [0.05, 0.1) is 10.6 Å². The lowest BCUT2D eigenvalue weighted by molar-refractivity contribution is 0.600. The molecule has 2 N–H and O–H groups in total. The maximum atomic E-state index is 13.0. The summed E-state index contributed by atoms with van der Waals surface area (Å²) in [6.45, 7) is 0. The van der Waals surface area contributed by atoms with Crippen LogP contribution in [-0.2, 0) is 22.9 Å². The number of aromatic nitrogens is 3. The normalized spacial score (nSPS) is 16.6. The quantitative estimate of drug-likeness (QED) is 0.684. The van der Waals surface area contributed by atoms with Crippen molar-refractivity contribution in [1.82, 2.24) is 15.2 Å². The fourth-order valence-corrected chi connectivity index (χ4v) is 4.91. The summed E-state index contributed by atoms with van der Waals surface area (Å²) in [4.78, 5) is 4.86. The Morgan fingerprint density at radius 3 is 2.61 bits per heavy atom. The van der Waals surface area contributed by atoms with Crippen LogP contribution < -0.4 is 4.72 Å². The molecule has 0 unspecified atom stereocenters. The van der Waals surface area contributed by atoms with Crippen molar-refractivity contribution in [2.24, 2.45) is 0 Å². The second kappa shape index (κ2) is 6.74. The minimum Gasteiger partial charge on any atom is -0.279 e. The zero-order valence-corrected chi connectivity index (χ0v) is 16.3. The fourth-order valence-electron chi connectivity index (χ4n) is 3.78. The highest BCUT2D eigenvalue weighted by molar-refractivity contribution is 7.92. The fraction of sp³-hybridized carbons (Fsp3) is 0.333. The van der Waals surface area contributed by atoms with Gasteiger partial charge in [0, 0.05) is 11.5 Å². The molecule has 0 amide bonds. The van der Waals surface area contributed by atoms with Crippen molar-refractivity contribution in [1.29, 1.82) is 0 Å². The Morgan fingerprint density at radius 1 is 1.00 bits per heavy atom. The number of para-hydroxylation sites is 1. The van der Waals surface area contributed by atoms with Crippen LogP contribution >= 0.6 is 0 Å². The molecule has 2 aromatic carbocycles. The molecule has 0 bridgehead atoms. The third-order valence-electron chi connectivity index (χ3n) is 5.51. The Labute approximate surface area is 164 Å². The number of nitrogens with zero attached hydrogens (tertiary/aromatic N) is 2. The number of anilines is 1. The molecule has 144 valence electrons. The lowest BCUT2D eigenvalue weighted by atomic mass is 9.92. The van der Waals surface area contributed by atoms with Gasteiger partial charge in [-0.15, -0.1) is 0 Å². The Kier molecular flexibility index (Phi) is 4.19. The summed E-state index contributed by atoms with van der Waals surface area (Å²) < 4.78 is 28.8. The summed E-state index contributed by atoms with van der Waals surface area (Å²) in [5, 5.41) is 7.28. The Balaban J connectivity index is 1.47. The molecule has 1 saturated carbocycles. The highest BCUT2D eigenvalue weighted by atomic mass is 32.2. The number of benzene rings is 2. The van der Waals surface area contributed by atoms with Crippen LogP contribution in [-0.4, -0.2) is 23.6 Å². The van der Waals surface area contributed by atoms with E-state index in [0.717, 1.165) is 43.5 Å². The molecule has 0 spiro atoms. The summed E-state index contributed by atoms with van der Waals surface area (Å²) in [6, 6.07) is 12.7. The second-order valence-electron chi connectivity index (χ2n) is 7.61. The van der Waals surface area contributed by atoms with Gasteiger partial charge in [0.1, 0.15) is 5.82 Å². The smallest absolute Gasteiger partial charge is 0.261 e. The topological polar surface area (TPSA) is 87.7 Å². The monoisotopic (exact) mass is 394 g/mol. The summed E-state index contributed by atoms with van der Waals surface area (Å²) in [6.07, 6.45) is 6.50. The van der Waals surface area contributed by atoms with Gasteiger partial charge in [0.25, 0.3) is 10.0 Å². The number of aryl methyl sites for hydroxylation is 2. The van der Waals surface area contributed by atoms with Gasteiger partial charge >= 0.3 is 0 Å². The van der Waals surface area contributed by atoms with Crippen LogP contribution in [0.25, 0.3) is 11.4 Å². The highest BCUT2D eigenvalue weighted by Crippen LogP contribution is 2.39. The third kappa shape index (κ3) is 3.30. The van der Waals surface area contributed by atoms with E-state index in [2.05, 4.69) is 19.9 Å². The van der Waals surface area contributed by atoms with Gasteiger partial charge in [0.15, 0.2) is 5.82 Å². The van der Waals surface area contributed by atoms with E-state index < -0.39 is 10.0 Å². The molecule has 1 aromatic heterocycles. The van der Waals surface area contributed by atoms with E-state index in [1.807, 2.05) is 30.3 Å². The van der Waals surface area contributed by atoms with Crippen LogP contribution in [0, 0.1) is 0 Å². The molecule has 1 fully saturated rings. The van der Waals surface area contributed by atoms with Crippen molar-refractivity contribution in [3.05, 3.63) is 59.4 Å². The first kappa shape index (κ1) is 17.4. The van der Waals surface area contributed by atoms with Crippen LogP contribution in [0.5, 0.6) is 0 Å².